The van der Waals surface area contributed by atoms with Crippen molar-refractivity contribution in [3.63, 3.8) is 0 Å². The fraction of sp³-hybridized carbons (Fsp3) is 0.143. The number of amides is 2. The molecule has 0 aliphatic heterocycles. The molecule has 0 unspecified atom stereocenters. The van der Waals surface area contributed by atoms with Crippen LogP contribution in [0.3, 0.4) is 0 Å². The van der Waals surface area contributed by atoms with Crippen molar-refractivity contribution < 1.29 is 9.59 Å². The largest absolute Gasteiger partial charge is 0.326 e. The van der Waals surface area contributed by atoms with Crippen molar-refractivity contribution >= 4 is 23.2 Å². The van der Waals surface area contributed by atoms with Crippen molar-refractivity contribution in [2.75, 3.05) is 10.6 Å². The average molecular weight is 358 g/mol. The van der Waals surface area contributed by atoms with Gasteiger partial charge in [-0.25, -0.2) is 9.97 Å². The maximum atomic E-state index is 12.4. The van der Waals surface area contributed by atoms with Crippen LogP contribution >= 0.6 is 0 Å². The average Bonchev–Trinajstić information content (AvgIpc) is 3.55. The van der Waals surface area contributed by atoms with E-state index in [1.54, 1.807) is 36.7 Å². The number of nitrogens with one attached hydrogen (secondary N) is 2. The summed E-state index contributed by atoms with van der Waals surface area (Å²) >= 11 is 0. The molecule has 1 saturated carbocycles. The van der Waals surface area contributed by atoms with Crippen molar-refractivity contribution in [2.45, 2.75) is 12.8 Å². The molecule has 0 spiro atoms. The van der Waals surface area contributed by atoms with Gasteiger partial charge < -0.3 is 10.6 Å². The van der Waals surface area contributed by atoms with Gasteiger partial charge in [-0.3, -0.25) is 9.59 Å². The van der Waals surface area contributed by atoms with E-state index in [0.29, 0.717) is 22.8 Å². The molecule has 2 amide bonds. The van der Waals surface area contributed by atoms with Crippen LogP contribution < -0.4 is 10.6 Å². The van der Waals surface area contributed by atoms with Crippen LogP contribution in [0, 0.1) is 5.92 Å². The zero-order chi connectivity index (χ0) is 18.6. The third-order valence-electron chi connectivity index (χ3n) is 4.30. The van der Waals surface area contributed by atoms with Crippen LogP contribution in [0.1, 0.15) is 23.2 Å². The zero-order valence-corrected chi connectivity index (χ0v) is 14.6. The van der Waals surface area contributed by atoms with Crippen LogP contribution in [0.2, 0.25) is 0 Å². The van der Waals surface area contributed by atoms with Gasteiger partial charge in [0.25, 0.3) is 5.91 Å². The highest BCUT2D eigenvalue weighted by molar-refractivity contribution is 6.04. The molecular weight excluding hydrogens is 340 g/mol. The first-order valence-corrected chi connectivity index (χ1v) is 8.79. The normalized spacial score (nSPS) is 13.0. The Bertz CT molecular complexity index is 950. The van der Waals surface area contributed by atoms with E-state index in [4.69, 9.17) is 0 Å². The van der Waals surface area contributed by atoms with E-state index in [2.05, 4.69) is 20.6 Å². The van der Waals surface area contributed by atoms with Gasteiger partial charge in [0.2, 0.25) is 5.91 Å². The smallest absolute Gasteiger partial charge is 0.255 e. The predicted molar refractivity (Wildman–Crippen MR) is 103 cm³/mol. The van der Waals surface area contributed by atoms with E-state index in [1.807, 2.05) is 30.3 Å². The SMILES string of the molecule is O=C(Nc1cnc(-c2ccccc2)nc1)c1ccc(NC(=O)C2CC2)cc1. The maximum absolute atomic E-state index is 12.4. The van der Waals surface area contributed by atoms with Crippen LogP contribution in [0.15, 0.2) is 67.0 Å². The second-order valence-electron chi connectivity index (χ2n) is 6.46. The number of hydrogen-bond acceptors (Lipinski definition) is 4. The fourth-order valence-corrected chi connectivity index (χ4v) is 2.63. The van der Waals surface area contributed by atoms with E-state index in [0.717, 1.165) is 18.4 Å². The second kappa shape index (κ2) is 7.37. The van der Waals surface area contributed by atoms with E-state index in [-0.39, 0.29) is 17.7 Å². The van der Waals surface area contributed by atoms with E-state index in [9.17, 15) is 9.59 Å². The molecule has 2 aromatic carbocycles. The van der Waals surface area contributed by atoms with Crippen LogP contribution in [0.4, 0.5) is 11.4 Å². The highest BCUT2D eigenvalue weighted by atomic mass is 16.2. The minimum atomic E-state index is -0.258. The minimum Gasteiger partial charge on any atom is -0.326 e. The number of carbonyl (C=O) groups is 2. The Balaban J connectivity index is 1.39. The quantitative estimate of drug-likeness (QED) is 0.728. The lowest BCUT2D eigenvalue weighted by atomic mass is 10.2. The van der Waals surface area contributed by atoms with Gasteiger partial charge in [-0.2, -0.15) is 0 Å². The molecule has 0 saturated heterocycles. The number of nitrogens with zero attached hydrogens (tertiary/aromatic N) is 2. The van der Waals surface area contributed by atoms with E-state index in [1.165, 1.54) is 0 Å². The Hall–Kier alpha value is -3.54. The lowest BCUT2D eigenvalue weighted by Gasteiger charge is -2.07. The number of carbonyl (C=O) groups excluding carboxylic acids is 2. The summed E-state index contributed by atoms with van der Waals surface area (Å²) in [7, 11) is 0. The summed E-state index contributed by atoms with van der Waals surface area (Å²) in [5.74, 6) is 0.533. The van der Waals surface area contributed by atoms with Gasteiger partial charge in [0.15, 0.2) is 5.82 Å². The molecule has 134 valence electrons. The van der Waals surface area contributed by atoms with Gasteiger partial charge in [0.1, 0.15) is 0 Å². The molecule has 6 nitrogen and oxygen atoms in total. The number of anilines is 2. The molecule has 27 heavy (non-hydrogen) atoms. The van der Waals surface area contributed by atoms with Gasteiger partial charge in [-0.05, 0) is 37.1 Å². The molecule has 2 N–H and O–H groups in total. The lowest BCUT2D eigenvalue weighted by Crippen LogP contribution is -2.14. The van der Waals surface area contributed by atoms with E-state index < -0.39 is 0 Å². The van der Waals surface area contributed by atoms with Crippen LogP contribution in [-0.4, -0.2) is 21.8 Å². The molecular formula is C21H18N4O2. The Kier molecular flexibility index (Phi) is 4.61. The van der Waals surface area contributed by atoms with E-state index >= 15 is 0 Å². The topological polar surface area (TPSA) is 84.0 Å². The van der Waals surface area contributed by atoms with Crippen molar-refractivity contribution in [2.24, 2.45) is 5.92 Å². The number of hydrogen-bond donors (Lipinski definition) is 2. The molecule has 0 atom stereocenters. The van der Waals surface area contributed by atoms with Gasteiger partial charge in [0, 0.05) is 22.7 Å². The number of aromatic nitrogens is 2. The monoisotopic (exact) mass is 358 g/mol. The number of rotatable bonds is 5. The fourth-order valence-electron chi connectivity index (χ4n) is 2.63. The van der Waals surface area contributed by atoms with Gasteiger partial charge in [0.05, 0.1) is 18.1 Å². The molecule has 1 aromatic heterocycles. The zero-order valence-electron chi connectivity index (χ0n) is 14.6. The Labute approximate surface area is 156 Å². The molecule has 1 aliphatic carbocycles. The summed E-state index contributed by atoms with van der Waals surface area (Å²) in [5.41, 5.74) is 2.62. The van der Waals surface area contributed by atoms with Gasteiger partial charge >= 0.3 is 0 Å². The third kappa shape index (κ3) is 4.17. The first-order valence-electron chi connectivity index (χ1n) is 8.79. The predicted octanol–water partition coefficient (Wildman–Crippen LogP) is 3.74. The molecule has 0 radical (unpaired) electrons. The summed E-state index contributed by atoms with van der Waals surface area (Å²) in [4.78, 5) is 32.7. The first-order chi connectivity index (χ1) is 13.2. The van der Waals surface area contributed by atoms with Crippen LogP contribution in [0.25, 0.3) is 11.4 Å². The molecule has 4 rings (SSSR count). The third-order valence-corrected chi connectivity index (χ3v) is 4.30. The summed E-state index contributed by atoms with van der Waals surface area (Å²) < 4.78 is 0. The highest BCUT2D eigenvalue weighted by Crippen LogP contribution is 2.30. The highest BCUT2D eigenvalue weighted by Gasteiger charge is 2.29. The minimum absolute atomic E-state index is 0.0443. The van der Waals surface area contributed by atoms with Crippen molar-refractivity contribution in [1.29, 1.82) is 0 Å². The second-order valence-corrected chi connectivity index (χ2v) is 6.46. The van der Waals surface area contributed by atoms with Crippen LogP contribution in [-0.2, 0) is 4.79 Å². The van der Waals surface area contributed by atoms with Gasteiger partial charge in [-0.15, -0.1) is 0 Å². The lowest BCUT2D eigenvalue weighted by molar-refractivity contribution is -0.117. The molecule has 0 bridgehead atoms. The first kappa shape index (κ1) is 16.9. The standard InChI is InChI=1S/C21H18N4O2/c26-20(15-6-7-15)24-17-10-8-16(9-11-17)21(27)25-18-12-22-19(23-13-18)14-4-2-1-3-5-14/h1-5,8-13,15H,6-7H2,(H,24,26)(H,25,27). The Morgan fingerprint density at radius 2 is 1.48 bits per heavy atom. The summed E-state index contributed by atoms with van der Waals surface area (Å²) in [5, 5.41) is 5.62. The maximum Gasteiger partial charge on any atom is 0.255 e. The molecule has 1 heterocycles. The summed E-state index contributed by atoms with van der Waals surface area (Å²) in [6.45, 7) is 0. The Morgan fingerprint density at radius 1 is 0.815 bits per heavy atom. The Morgan fingerprint density at radius 3 is 2.11 bits per heavy atom. The van der Waals surface area contributed by atoms with Crippen molar-refractivity contribution in [3.05, 3.63) is 72.6 Å². The molecule has 6 heteroatoms. The van der Waals surface area contributed by atoms with Crippen molar-refractivity contribution in [1.82, 2.24) is 9.97 Å². The molecule has 1 aliphatic rings. The molecule has 3 aromatic rings. The number of benzene rings is 2. The molecule has 1 fully saturated rings. The summed E-state index contributed by atoms with van der Waals surface area (Å²) in [6, 6.07) is 16.4. The van der Waals surface area contributed by atoms with Gasteiger partial charge in [-0.1, -0.05) is 30.3 Å². The van der Waals surface area contributed by atoms with Crippen molar-refractivity contribution in [3.8, 4) is 11.4 Å². The summed E-state index contributed by atoms with van der Waals surface area (Å²) in [6.07, 6.45) is 5.07. The van der Waals surface area contributed by atoms with Crippen LogP contribution in [0.5, 0.6) is 0 Å².